The summed E-state index contributed by atoms with van der Waals surface area (Å²) in [5.74, 6) is 3.24. The molecule has 1 heterocycles. The van der Waals surface area contributed by atoms with E-state index in [2.05, 4.69) is 17.1 Å². The molecule has 0 bridgehead atoms. The molecule has 0 radical (unpaired) electrons. The third-order valence-electron chi connectivity index (χ3n) is 5.22. The highest BCUT2D eigenvalue weighted by Crippen LogP contribution is 2.48. The second kappa shape index (κ2) is 5.92. The first-order valence-electron chi connectivity index (χ1n) is 8.32. The summed E-state index contributed by atoms with van der Waals surface area (Å²) in [4.78, 5) is 2.64. The fourth-order valence-electron chi connectivity index (χ4n) is 3.75. The average molecular weight is 250 g/mol. The summed E-state index contributed by atoms with van der Waals surface area (Å²) in [6.07, 6.45) is 10.2. The lowest BCUT2D eigenvalue weighted by molar-refractivity contribution is 0.192. The molecular formula is C16H30N2. The first-order chi connectivity index (χ1) is 8.86. The summed E-state index contributed by atoms with van der Waals surface area (Å²) in [5, 5.41) is 3.90. The summed E-state index contributed by atoms with van der Waals surface area (Å²) in [6, 6.07) is 0.818. The number of nitrogens with one attached hydrogen (secondary N) is 1. The van der Waals surface area contributed by atoms with Gasteiger partial charge in [-0.05, 0) is 88.9 Å². The molecule has 2 nitrogen and oxygen atoms in total. The lowest BCUT2D eigenvalue weighted by Gasteiger charge is -2.33. The Bertz CT molecular complexity index is 238. The van der Waals surface area contributed by atoms with Crippen molar-refractivity contribution in [3.63, 3.8) is 0 Å². The SMILES string of the molecule is CCCN1CCC(NCC(C2CC2)C2CC2)CC1. The maximum absolute atomic E-state index is 3.90. The molecule has 3 rings (SSSR count). The topological polar surface area (TPSA) is 15.3 Å². The molecule has 2 heteroatoms. The van der Waals surface area contributed by atoms with E-state index in [1.165, 1.54) is 71.1 Å². The van der Waals surface area contributed by atoms with E-state index in [9.17, 15) is 0 Å². The standard InChI is InChI=1S/C16H30N2/c1-2-9-18-10-7-15(8-11-18)17-12-16(13-3-4-13)14-5-6-14/h13-17H,2-12H2,1H3. The second-order valence-electron chi connectivity index (χ2n) is 6.86. The smallest absolute Gasteiger partial charge is 0.00915 e. The Balaban J connectivity index is 1.36. The van der Waals surface area contributed by atoms with Crippen molar-refractivity contribution >= 4 is 0 Å². The van der Waals surface area contributed by atoms with Crippen molar-refractivity contribution in [2.24, 2.45) is 17.8 Å². The number of nitrogens with zero attached hydrogens (tertiary/aromatic N) is 1. The van der Waals surface area contributed by atoms with Crippen LogP contribution in [0.1, 0.15) is 51.9 Å². The third-order valence-corrected chi connectivity index (χ3v) is 5.22. The van der Waals surface area contributed by atoms with E-state index in [0.717, 1.165) is 23.8 Å². The van der Waals surface area contributed by atoms with Gasteiger partial charge >= 0.3 is 0 Å². The summed E-state index contributed by atoms with van der Waals surface area (Å²) in [5.41, 5.74) is 0. The number of likely N-dealkylation sites (tertiary alicyclic amines) is 1. The van der Waals surface area contributed by atoms with E-state index in [1.54, 1.807) is 0 Å². The van der Waals surface area contributed by atoms with Crippen LogP contribution in [0.5, 0.6) is 0 Å². The van der Waals surface area contributed by atoms with E-state index in [0.29, 0.717) is 0 Å². The number of rotatable bonds is 7. The van der Waals surface area contributed by atoms with Crippen molar-refractivity contribution in [3.8, 4) is 0 Å². The summed E-state index contributed by atoms with van der Waals surface area (Å²) >= 11 is 0. The average Bonchev–Trinajstić information content (AvgIpc) is 3.26. The van der Waals surface area contributed by atoms with Crippen LogP contribution in [0.2, 0.25) is 0 Å². The normalized spacial score (nSPS) is 27.0. The van der Waals surface area contributed by atoms with Crippen molar-refractivity contribution in [2.45, 2.75) is 57.9 Å². The molecular weight excluding hydrogens is 220 g/mol. The van der Waals surface area contributed by atoms with Crippen LogP contribution >= 0.6 is 0 Å². The minimum atomic E-state index is 0.818. The molecule has 1 N–H and O–H groups in total. The van der Waals surface area contributed by atoms with Crippen LogP contribution in [0.4, 0.5) is 0 Å². The maximum Gasteiger partial charge on any atom is 0.00915 e. The van der Waals surface area contributed by atoms with Crippen molar-refractivity contribution in [3.05, 3.63) is 0 Å². The maximum atomic E-state index is 3.90. The number of hydrogen-bond donors (Lipinski definition) is 1. The minimum Gasteiger partial charge on any atom is -0.314 e. The van der Waals surface area contributed by atoms with E-state index in [4.69, 9.17) is 0 Å². The van der Waals surface area contributed by atoms with E-state index < -0.39 is 0 Å². The molecule has 3 aliphatic rings. The van der Waals surface area contributed by atoms with Crippen LogP contribution < -0.4 is 5.32 Å². The predicted molar refractivity (Wildman–Crippen MR) is 76.7 cm³/mol. The lowest BCUT2D eigenvalue weighted by atomic mass is 9.96. The molecule has 2 aliphatic carbocycles. The Morgan fingerprint density at radius 2 is 1.61 bits per heavy atom. The largest absolute Gasteiger partial charge is 0.314 e. The van der Waals surface area contributed by atoms with Crippen LogP contribution in [0.3, 0.4) is 0 Å². The van der Waals surface area contributed by atoms with Gasteiger partial charge in [0, 0.05) is 6.04 Å². The molecule has 0 unspecified atom stereocenters. The van der Waals surface area contributed by atoms with E-state index in [1.807, 2.05) is 0 Å². The number of hydrogen-bond acceptors (Lipinski definition) is 2. The summed E-state index contributed by atoms with van der Waals surface area (Å²) in [7, 11) is 0. The van der Waals surface area contributed by atoms with Crippen molar-refractivity contribution in [2.75, 3.05) is 26.2 Å². The van der Waals surface area contributed by atoms with Gasteiger partial charge in [0.1, 0.15) is 0 Å². The van der Waals surface area contributed by atoms with Crippen LogP contribution in [-0.4, -0.2) is 37.1 Å². The van der Waals surface area contributed by atoms with Gasteiger partial charge in [-0.2, -0.15) is 0 Å². The highest BCUT2D eigenvalue weighted by Gasteiger charge is 2.41. The van der Waals surface area contributed by atoms with Gasteiger partial charge < -0.3 is 10.2 Å². The Morgan fingerprint density at radius 3 is 2.11 bits per heavy atom. The second-order valence-corrected chi connectivity index (χ2v) is 6.86. The third kappa shape index (κ3) is 3.48. The van der Waals surface area contributed by atoms with Gasteiger partial charge in [0.05, 0.1) is 0 Å². The van der Waals surface area contributed by atoms with Crippen LogP contribution in [0.25, 0.3) is 0 Å². The van der Waals surface area contributed by atoms with E-state index >= 15 is 0 Å². The van der Waals surface area contributed by atoms with Gasteiger partial charge in [-0.1, -0.05) is 6.92 Å². The molecule has 104 valence electrons. The molecule has 0 atom stereocenters. The van der Waals surface area contributed by atoms with E-state index in [-0.39, 0.29) is 0 Å². The monoisotopic (exact) mass is 250 g/mol. The highest BCUT2D eigenvalue weighted by molar-refractivity contribution is 4.93. The molecule has 2 saturated carbocycles. The fourth-order valence-corrected chi connectivity index (χ4v) is 3.75. The highest BCUT2D eigenvalue weighted by atomic mass is 15.1. The molecule has 0 aromatic carbocycles. The van der Waals surface area contributed by atoms with Crippen molar-refractivity contribution < 1.29 is 0 Å². The molecule has 0 amide bonds. The van der Waals surface area contributed by atoms with Crippen molar-refractivity contribution in [1.29, 1.82) is 0 Å². The minimum absolute atomic E-state index is 0.818. The molecule has 0 aromatic rings. The Kier molecular flexibility index (Phi) is 4.25. The Hall–Kier alpha value is -0.0800. The molecule has 0 aromatic heterocycles. The first-order valence-corrected chi connectivity index (χ1v) is 8.32. The lowest BCUT2D eigenvalue weighted by Crippen LogP contribution is -2.44. The van der Waals surface area contributed by atoms with Gasteiger partial charge in [0.15, 0.2) is 0 Å². The van der Waals surface area contributed by atoms with Crippen LogP contribution in [0.15, 0.2) is 0 Å². The summed E-state index contributed by atoms with van der Waals surface area (Å²) < 4.78 is 0. The Labute approximate surface area is 113 Å². The predicted octanol–water partition coefficient (Wildman–Crippen LogP) is 2.89. The van der Waals surface area contributed by atoms with Gasteiger partial charge in [-0.15, -0.1) is 0 Å². The molecule has 1 aliphatic heterocycles. The van der Waals surface area contributed by atoms with Crippen LogP contribution in [-0.2, 0) is 0 Å². The fraction of sp³-hybridized carbons (Fsp3) is 1.00. The van der Waals surface area contributed by atoms with Gasteiger partial charge in [0.2, 0.25) is 0 Å². The molecule has 0 spiro atoms. The molecule has 3 fully saturated rings. The quantitative estimate of drug-likeness (QED) is 0.747. The first kappa shape index (κ1) is 12.9. The zero-order valence-electron chi connectivity index (χ0n) is 12.0. The number of piperidine rings is 1. The Morgan fingerprint density at radius 1 is 1.00 bits per heavy atom. The zero-order chi connectivity index (χ0) is 12.4. The van der Waals surface area contributed by atoms with Crippen LogP contribution in [0, 0.1) is 17.8 Å². The zero-order valence-corrected chi connectivity index (χ0v) is 12.0. The van der Waals surface area contributed by atoms with Crippen molar-refractivity contribution in [1.82, 2.24) is 10.2 Å². The molecule has 18 heavy (non-hydrogen) atoms. The summed E-state index contributed by atoms with van der Waals surface area (Å²) in [6.45, 7) is 7.57. The molecule has 1 saturated heterocycles. The van der Waals surface area contributed by atoms with Gasteiger partial charge in [0.25, 0.3) is 0 Å². The van der Waals surface area contributed by atoms with Gasteiger partial charge in [-0.25, -0.2) is 0 Å². The van der Waals surface area contributed by atoms with Gasteiger partial charge in [-0.3, -0.25) is 0 Å².